The van der Waals surface area contributed by atoms with E-state index in [9.17, 15) is 9.59 Å². The lowest BCUT2D eigenvalue weighted by Gasteiger charge is -2.29. The van der Waals surface area contributed by atoms with Crippen LogP contribution in [0, 0.1) is 0 Å². The summed E-state index contributed by atoms with van der Waals surface area (Å²) < 4.78 is 0. The molecule has 16 heavy (non-hydrogen) atoms. The Morgan fingerprint density at radius 2 is 1.94 bits per heavy atom. The number of amides is 3. The van der Waals surface area contributed by atoms with E-state index >= 15 is 0 Å². The largest absolute Gasteiger partial charge is 0.339 e. The molecule has 2 aliphatic rings. The van der Waals surface area contributed by atoms with Crippen molar-refractivity contribution < 1.29 is 9.59 Å². The predicted molar refractivity (Wildman–Crippen MR) is 59.0 cm³/mol. The van der Waals surface area contributed by atoms with Gasteiger partial charge in [0.1, 0.15) is 6.54 Å². The number of carbonyl (C=O) groups excluding carboxylic acids is 2. The topological polar surface area (TPSA) is 55.9 Å². The second kappa shape index (κ2) is 4.69. The summed E-state index contributed by atoms with van der Waals surface area (Å²) in [5, 5.41) is 3.20. The molecular weight excluding hydrogens is 208 g/mol. The number of hydrogen-bond donors (Lipinski definition) is 1. The van der Waals surface area contributed by atoms with Crippen molar-refractivity contribution in [1.82, 2.24) is 20.0 Å². The van der Waals surface area contributed by atoms with Crippen LogP contribution in [0.15, 0.2) is 0 Å². The van der Waals surface area contributed by atoms with Crippen LogP contribution in [0.5, 0.6) is 0 Å². The van der Waals surface area contributed by atoms with Gasteiger partial charge in [-0.15, -0.1) is 0 Å². The Morgan fingerprint density at radius 3 is 2.50 bits per heavy atom. The van der Waals surface area contributed by atoms with Crippen LogP contribution in [0.3, 0.4) is 0 Å². The smallest absolute Gasteiger partial charge is 0.320 e. The second-order valence-electron chi connectivity index (χ2n) is 4.26. The van der Waals surface area contributed by atoms with Gasteiger partial charge in [0, 0.05) is 46.3 Å². The Morgan fingerprint density at radius 1 is 1.25 bits per heavy atom. The van der Waals surface area contributed by atoms with Gasteiger partial charge in [-0.25, -0.2) is 4.79 Å². The summed E-state index contributed by atoms with van der Waals surface area (Å²) in [6.07, 6.45) is 0. The lowest BCUT2D eigenvalue weighted by atomic mass is 10.3. The van der Waals surface area contributed by atoms with Crippen molar-refractivity contribution in [2.75, 3.05) is 52.9 Å². The lowest BCUT2D eigenvalue weighted by molar-refractivity contribution is -0.132. The summed E-state index contributed by atoms with van der Waals surface area (Å²) >= 11 is 0. The number of nitrogens with one attached hydrogen (secondary N) is 1. The van der Waals surface area contributed by atoms with Gasteiger partial charge in [0.15, 0.2) is 0 Å². The molecule has 2 aliphatic heterocycles. The van der Waals surface area contributed by atoms with Gasteiger partial charge in [-0.3, -0.25) is 4.79 Å². The number of hydrogen-bond acceptors (Lipinski definition) is 3. The standard InChI is InChI=1S/C10H18N4O2/c1-12-6-7-14(10(12)16)8-9(15)13-4-2-11-3-5-13/h11H,2-8H2,1H3. The highest BCUT2D eigenvalue weighted by Crippen LogP contribution is 2.06. The Hall–Kier alpha value is -1.30. The molecule has 0 aromatic rings. The second-order valence-corrected chi connectivity index (χ2v) is 4.26. The molecule has 0 aliphatic carbocycles. The van der Waals surface area contributed by atoms with E-state index < -0.39 is 0 Å². The third kappa shape index (κ3) is 2.27. The number of carbonyl (C=O) groups is 2. The minimum Gasteiger partial charge on any atom is -0.339 e. The molecule has 0 aromatic carbocycles. The third-order valence-electron chi connectivity index (χ3n) is 3.10. The molecule has 90 valence electrons. The zero-order valence-electron chi connectivity index (χ0n) is 9.61. The van der Waals surface area contributed by atoms with Crippen molar-refractivity contribution in [3.63, 3.8) is 0 Å². The highest BCUT2D eigenvalue weighted by Gasteiger charge is 2.28. The van der Waals surface area contributed by atoms with Crippen LogP contribution in [0.4, 0.5) is 4.79 Å². The van der Waals surface area contributed by atoms with E-state index in [1.54, 1.807) is 16.8 Å². The van der Waals surface area contributed by atoms with Gasteiger partial charge in [-0.2, -0.15) is 0 Å². The third-order valence-corrected chi connectivity index (χ3v) is 3.10. The molecule has 0 atom stereocenters. The van der Waals surface area contributed by atoms with E-state index in [4.69, 9.17) is 0 Å². The molecule has 2 rings (SSSR count). The maximum absolute atomic E-state index is 11.9. The molecule has 6 heteroatoms. The van der Waals surface area contributed by atoms with Crippen molar-refractivity contribution >= 4 is 11.9 Å². The lowest BCUT2D eigenvalue weighted by Crippen LogP contribution is -2.50. The van der Waals surface area contributed by atoms with E-state index in [2.05, 4.69) is 5.32 Å². The summed E-state index contributed by atoms with van der Waals surface area (Å²) in [6, 6.07) is -0.0384. The molecule has 2 fully saturated rings. The molecule has 0 saturated carbocycles. The molecule has 0 spiro atoms. The molecule has 0 unspecified atom stereocenters. The van der Waals surface area contributed by atoms with Gasteiger partial charge in [0.2, 0.25) is 5.91 Å². The molecule has 2 saturated heterocycles. The van der Waals surface area contributed by atoms with Crippen molar-refractivity contribution in [1.29, 1.82) is 0 Å². The minimum absolute atomic E-state index is 0.0384. The van der Waals surface area contributed by atoms with Crippen LogP contribution in [-0.2, 0) is 4.79 Å². The monoisotopic (exact) mass is 226 g/mol. The summed E-state index contributed by atoms with van der Waals surface area (Å²) in [6.45, 7) is 4.79. The van der Waals surface area contributed by atoms with Crippen LogP contribution in [0.25, 0.3) is 0 Å². The zero-order valence-corrected chi connectivity index (χ0v) is 9.61. The van der Waals surface area contributed by atoms with Crippen molar-refractivity contribution in [2.24, 2.45) is 0 Å². The zero-order chi connectivity index (χ0) is 11.5. The number of rotatable bonds is 2. The molecule has 6 nitrogen and oxygen atoms in total. The highest BCUT2D eigenvalue weighted by molar-refractivity contribution is 5.85. The van der Waals surface area contributed by atoms with Crippen molar-refractivity contribution in [3.05, 3.63) is 0 Å². The first kappa shape index (κ1) is 11.2. The summed E-state index contributed by atoms with van der Waals surface area (Å²) in [5.74, 6) is 0.0603. The SMILES string of the molecule is CN1CCN(CC(=O)N2CCNCC2)C1=O. The van der Waals surface area contributed by atoms with E-state index in [1.165, 1.54) is 0 Å². The van der Waals surface area contributed by atoms with Gasteiger partial charge in [0.25, 0.3) is 0 Å². The first-order valence-corrected chi connectivity index (χ1v) is 5.67. The average molecular weight is 226 g/mol. The Balaban J connectivity index is 1.84. The average Bonchev–Trinajstić information content (AvgIpc) is 2.62. The Kier molecular flexibility index (Phi) is 3.28. The normalized spacial score (nSPS) is 21.8. The van der Waals surface area contributed by atoms with Crippen LogP contribution in [-0.4, -0.2) is 79.5 Å². The van der Waals surface area contributed by atoms with Gasteiger partial charge in [-0.05, 0) is 0 Å². The first-order chi connectivity index (χ1) is 7.68. The van der Waals surface area contributed by atoms with Crippen molar-refractivity contribution in [3.8, 4) is 0 Å². The van der Waals surface area contributed by atoms with Crippen molar-refractivity contribution in [2.45, 2.75) is 0 Å². The van der Waals surface area contributed by atoms with E-state index in [0.717, 1.165) is 26.2 Å². The van der Waals surface area contributed by atoms with Crippen LogP contribution in [0.2, 0.25) is 0 Å². The Labute approximate surface area is 95.2 Å². The summed E-state index contributed by atoms with van der Waals surface area (Å²) in [5.41, 5.74) is 0. The quantitative estimate of drug-likeness (QED) is 0.642. The van der Waals surface area contributed by atoms with E-state index in [1.807, 2.05) is 4.90 Å². The number of urea groups is 1. The molecule has 2 heterocycles. The van der Waals surface area contributed by atoms with Gasteiger partial charge in [-0.1, -0.05) is 0 Å². The number of piperazine rings is 1. The summed E-state index contributed by atoms with van der Waals surface area (Å²) in [7, 11) is 1.76. The van der Waals surface area contributed by atoms with Crippen LogP contribution < -0.4 is 5.32 Å². The number of likely N-dealkylation sites (N-methyl/N-ethyl adjacent to an activating group) is 1. The van der Waals surface area contributed by atoms with Gasteiger partial charge >= 0.3 is 6.03 Å². The van der Waals surface area contributed by atoms with E-state index in [0.29, 0.717) is 13.1 Å². The van der Waals surface area contributed by atoms with Crippen LogP contribution in [0.1, 0.15) is 0 Å². The van der Waals surface area contributed by atoms with E-state index in [-0.39, 0.29) is 18.5 Å². The Bertz CT molecular complexity index is 289. The molecule has 1 N–H and O–H groups in total. The fourth-order valence-electron chi connectivity index (χ4n) is 2.03. The minimum atomic E-state index is -0.0384. The molecular formula is C10H18N4O2. The molecule has 0 radical (unpaired) electrons. The maximum atomic E-state index is 11.9. The summed E-state index contributed by atoms with van der Waals surface area (Å²) in [4.78, 5) is 28.6. The maximum Gasteiger partial charge on any atom is 0.320 e. The number of nitrogens with zero attached hydrogens (tertiary/aromatic N) is 3. The van der Waals surface area contributed by atoms with Crippen LogP contribution >= 0.6 is 0 Å². The molecule has 0 bridgehead atoms. The molecule has 0 aromatic heterocycles. The fourth-order valence-corrected chi connectivity index (χ4v) is 2.03. The first-order valence-electron chi connectivity index (χ1n) is 5.67. The van der Waals surface area contributed by atoms with Gasteiger partial charge in [0.05, 0.1) is 0 Å². The predicted octanol–water partition coefficient (Wildman–Crippen LogP) is -1.21. The highest BCUT2D eigenvalue weighted by atomic mass is 16.2. The molecule has 3 amide bonds. The van der Waals surface area contributed by atoms with Gasteiger partial charge < -0.3 is 20.0 Å². The fraction of sp³-hybridized carbons (Fsp3) is 0.800.